The number of rotatable bonds is 4. The zero-order valence-electron chi connectivity index (χ0n) is 15.6. The second kappa shape index (κ2) is 7.86. The number of carbonyl (C=O) groups is 2. The standard InChI is InChI=1S/C17H28N4O4/c1-6-11-9-18-14(19-11)15(22)20-12-7-8-21(10-13(12)24-5)16(23)25-17(2,3)4/h9,12-13H,6-8,10H2,1-5H3,(H,18,19)(H,20,22)/t12-,13+/m0/s1. The van der Waals surface area contributed by atoms with Gasteiger partial charge in [-0.3, -0.25) is 4.79 Å². The Bertz CT molecular complexity index is 608. The Kier molecular flexibility index (Phi) is 6.05. The van der Waals surface area contributed by atoms with Gasteiger partial charge in [-0.05, 0) is 33.6 Å². The molecule has 8 heteroatoms. The van der Waals surface area contributed by atoms with Crippen molar-refractivity contribution in [1.29, 1.82) is 0 Å². The second-order valence-corrected chi connectivity index (χ2v) is 7.18. The summed E-state index contributed by atoms with van der Waals surface area (Å²) in [6, 6.07) is -0.189. The molecule has 1 aliphatic rings. The Morgan fingerprint density at radius 1 is 1.44 bits per heavy atom. The zero-order valence-corrected chi connectivity index (χ0v) is 15.6. The molecule has 0 spiro atoms. The highest BCUT2D eigenvalue weighted by atomic mass is 16.6. The van der Waals surface area contributed by atoms with Gasteiger partial charge in [0.15, 0.2) is 5.82 Å². The van der Waals surface area contributed by atoms with Crippen LogP contribution in [0.2, 0.25) is 0 Å². The molecule has 1 fully saturated rings. The quantitative estimate of drug-likeness (QED) is 0.860. The van der Waals surface area contributed by atoms with Crippen LogP contribution in [0.5, 0.6) is 0 Å². The van der Waals surface area contributed by atoms with Crippen molar-refractivity contribution in [2.45, 2.75) is 58.3 Å². The fourth-order valence-electron chi connectivity index (χ4n) is 2.70. The summed E-state index contributed by atoms with van der Waals surface area (Å²) in [5.74, 6) is 0.0266. The van der Waals surface area contributed by atoms with Crippen molar-refractivity contribution in [2.75, 3.05) is 20.2 Å². The van der Waals surface area contributed by atoms with Gasteiger partial charge >= 0.3 is 6.09 Å². The number of ether oxygens (including phenoxy) is 2. The predicted molar refractivity (Wildman–Crippen MR) is 92.4 cm³/mol. The Hall–Kier alpha value is -2.09. The Balaban J connectivity index is 1.95. The number of aryl methyl sites for hydroxylation is 1. The van der Waals surface area contributed by atoms with Gasteiger partial charge in [-0.15, -0.1) is 0 Å². The molecule has 1 aromatic rings. The maximum Gasteiger partial charge on any atom is 0.410 e. The van der Waals surface area contributed by atoms with E-state index in [1.807, 2.05) is 27.7 Å². The summed E-state index contributed by atoms with van der Waals surface area (Å²) in [6.45, 7) is 8.36. The van der Waals surface area contributed by atoms with Crippen LogP contribution in [-0.4, -0.2) is 64.8 Å². The van der Waals surface area contributed by atoms with E-state index in [4.69, 9.17) is 9.47 Å². The summed E-state index contributed by atoms with van der Waals surface area (Å²) in [7, 11) is 1.57. The van der Waals surface area contributed by atoms with E-state index in [1.54, 1.807) is 18.2 Å². The zero-order chi connectivity index (χ0) is 18.6. The monoisotopic (exact) mass is 352 g/mol. The van der Waals surface area contributed by atoms with Crippen LogP contribution in [0.25, 0.3) is 0 Å². The topological polar surface area (TPSA) is 96.6 Å². The van der Waals surface area contributed by atoms with Gasteiger partial charge in [0.05, 0.1) is 18.7 Å². The second-order valence-electron chi connectivity index (χ2n) is 7.18. The summed E-state index contributed by atoms with van der Waals surface area (Å²) in [5, 5.41) is 2.94. The first kappa shape index (κ1) is 19.2. The Morgan fingerprint density at radius 2 is 2.16 bits per heavy atom. The SMILES string of the molecule is CCc1cnc(C(=O)N[C@H]2CCN(C(=O)OC(C)(C)C)C[C@H]2OC)[nH]1. The van der Waals surface area contributed by atoms with Crippen molar-refractivity contribution < 1.29 is 19.1 Å². The third kappa shape index (κ3) is 5.19. The number of piperidine rings is 1. The molecule has 0 saturated carbocycles. The minimum absolute atomic E-state index is 0.189. The number of aromatic amines is 1. The van der Waals surface area contributed by atoms with E-state index in [9.17, 15) is 9.59 Å². The van der Waals surface area contributed by atoms with E-state index in [0.29, 0.717) is 25.3 Å². The molecule has 2 rings (SSSR count). The molecule has 2 amide bonds. The number of methoxy groups -OCH3 is 1. The Labute approximate surface area is 148 Å². The van der Waals surface area contributed by atoms with E-state index < -0.39 is 5.60 Å². The first-order valence-electron chi connectivity index (χ1n) is 8.59. The van der Waals surface area contributed by atoms with Crippen molar-refractivity contribution in [3.63, 3.8) is 0 Å². The number of imidazole rings is 1. The molecule has 1 aromatic heterocycles. The molecule has 8 nitrogen and oxygen atoms in total. The molecule has 0 aliphatic carbocycles. The maximum absolute atomic E-state index is 12.3. The van der Waals surface area contributed by atoms with Gasteiger partial charge in [-0.1, -0.05) is 6.92 Å². The van der Waals surface area contributed by atoms with Crippen LogP contribution in [0.3, 0.4) is 0 Å². The number of carbonyl (C=O) groups excluding carboxylic acids is 2. The van der Waals surface area contributed by atoms with Crippen LogP contribution in [0, 0.1) is 0 Å². The fourth-order valence-corrected chi connectivity index (χ4v) is 2.70. The average molecular weight is 352 g/mol. The molecule has 140 valence electrons. The number of likely N-dealkylation sites (tertiary alicyclic amines) is 1. The predicted octanol–water partition coefficient (Wildman–Crippen LogP) is 1.73. The number of hydrogen-bond donors (Lipinski definition) is 2. The molecule has 1 aliphatic heterocycles. The Morgan fingerprint density at radius 3 is 2.72 bits per heavy atom. The molecule has 2 N–H and O–H groups in total. The summed E-state index contributed by atoms with van der Waals surface area (Å²) in [4.78, 5) is 33.2. The summed E-state index contributed by atoms with van der Waals surface area (Å²) in [6.07, 6.45) is 2.37. The van der Waals surface area contributed by atoms with E-state index in [1.165, 1.54) is 0 Å². The summed E-state index contributed by atoms with van der Waals surface area (Å²) in [5.41, 5.74) is 0.370. The molecule has 2 heterocycles. The van der Waals surface area contributed by atoms with Crippen LogP contribution in [0.1, 0.15) is 50.4 Å². The highest BCUT2D eigenvalue weighted by Gasteiger charge is 2.34. The third-order valence-electron chi connectivity index (χ3n) is 4.05. The fraction of sp³-hybridized carbons (Fsp3) is 0.706. The van der Waals surface area contributed by atoms with E-state index in [2.05, 4.69) is 15.3 Å². The van der Waals surface area contributed by atoms with Gasteiger partial charge in [0, 0.05) is 25.5 Å². The highest BCUT2D eigenvalue weighted by molar-refractivity contribution is 5.90. The summed E-state index contributed by atoms with van der Waals surface area (Å²) < 4.78 is 10.9. The van der Waals surface area contributed by atoms with E-state index in [-0.39, 0.29) is 24.1 Å². The molecule has 0 unspecified atom stereocenters. The van der Waals surface area contributed by atoms with Crippen molar-refractivity contribution >= 4 is 12.0 Å². The van der Waals surface area contributed by atoms with E-state index >= 15 is 0 Å². The molecular formula is C17H28N4O4. The molecule has 25 heavy (non-hydrogen) atoms. The van der Waals surface area contributed by atoms with Crippen molar-refractivity contribution in [3.05, 3.63) is 17.7 Å². The number of nitrogens with zero attached hydrogens (tertiary/aromatic N) is 2. The van der Waals surface area contributed by atoms with Crippen LogP contribution in [0.4, 0.5) is 4.79 Å². The number of aromatic nitrogens is 2. The van der Waals surface area contributed by atoms with Crippen LogP contribution < -0.4 is 5.32 Å². The molecule has 1 saturated heterocycles. The van der Waals surface area contributed by atoms with Gasteiger partial charge in [-0.25, -0.2) is 9.78 Å². The minimum atomic E-state index is -0.541. The first-order chi connectivity index (χ1) is 11.7. The molecule has 0 radical (unpaired) electrons. The van der Waals surface area contributed by atoms with Crippen molar-refractivity contribution in [3.8, 4) is 0 Å². The lowest BCUT2D eigenvalue weighted by atomic mass is 10.0. The number of H-pyrrole nitrogens is 1. The molecule has 0 bridgehead atoms. The number of amides is 2. The maximum atomic E-state index is 12.3. The van der Waals surface area contributed by atoms with Gasteiger partial charge in [0.25, 0.3) is 5.91 Å². The highest BCUT2D eigenvalue weighted by Crippen LogP contribution is 2.18. The minimum Gasteiger partial charge on any atom is -0.444 e. The lowest BCUT2D eigenvalue weighted by molar-refractivity contribution is -0.0172. The van der Waals surface area contributed by atoms with Crippen LogP contribution in [-0.2, 0) is 15.9 Å². The smallest absolute Gasteiger partial charge is 0.410 e. The van der Waals surface area contributed by atoms with Crippen LogP contribution >= 0.6 is 0 Å². The van der Waals surface area contributed by atoms with Crippen LogP contribution in [0.15, 0.2) is 6.20 Å². The lowest BCUT2D eigenvalue weighted by Crippen LogP contribution is -2.56. The molecule has 0 aromatic carbocycles. The number of nitrogens with one attached hydrogen (secondary N) is 2. The lowest BCUT2D eigenvalue weighted by Gasteiger charge is -2.38. The normalized spacial score (nSPS) is 21.1. The van der Waals surface area contributed by atoms with Gasteiger partial charge in [-0.2, -0.15) is 0 Å². The van der Waals surface area contributed by atoms with Crippen molar-refractivity contribution in [1.82, 2.24) is 20.2 Å². The van der Waals surface area contributed by atoms with Crippen molar-refractivity contribution in [2.24, 2.45) is 0 Å². The molecular weight excluding hydrogens is 324 g/mol. The van der Waals surface area contributed by atoms with Gasteiger partial charge < -0.3 is 24.7 Å². The van der Waals surface area contributed by atoms with Gasteiger partial charge in [0.1, 0.15) is 5.60 Å². The third-order valence-corrected chi connectivity index (χ3v) is 4.05. The van der Waals surface area contributed by atoms with Gasteiger partial charge in [0.2, 0.25) is 0 Å². The first-order valence-corrected chi connectivity index (χ1v) is 8.59. The number of hydrogen-bond acceptors (Lipinski definition) is 5. The largest absolute Gasteiger partial charge is 0.444 e. The summed E-state index contributed by atoms with van der Waals surface area (Å²) >= 11 is 0. The molecule has 2 atom stereocenters. The average Bonchev–Trinajstić information content (AvgIpc) is 3.02. The van der Waals surface area contributed by atoms with E-state index in [0.717, 1.165) is 12.1 Å².